The van der Waals surface area contributed by atoms with Crippen LogP contribution < -0.4 is 5.32 Å². The van der Waals surface area contributed by atoms with Crippen molar-refractivity contribution in [2.45, 2.75) is 50.5 Å². The normalized spacial score (nSPS) is 39.5. The number of nitrogens with zero attached hydrogens (tertiary/aromatic N) is 1. The number of rotatable bonds is 2. The summed E-state index contributed by atoms with van der Waals surface area (Å²) in [6.45, 7) is 0. The number of benzene rings is 1. The van der Waals surface area contributed by atoms with E-state index in [2.05, 4.69) is 11.4 Å². The maximum atomic E-state index is 13.3. The lowest BCUT2D eigenvalue weighted by molar-refractivity contribution is -0.131. The van der Waals surface area contributed by atoms with Crippen LogP contribution in [-0.2, 0) is 11.2 Å². The van der Waals surface area contributed by atoms with Gasteiger partial charge in [-0.1, -0.05) is 11.6 Å². The molecule has 0 aromatic heterocycles. The molecule has 4 fully saturated rings. The van der Waals surface area contributed by atoms with Gasteiger partial charge in [0.2, 0.25) is 11.3 Å². The monoisotopic (exact) mass is 368 g/mol. The molecule has 5 aliphatic rings. The molecule has 6 rings (SSSR count). The Bertz CT molecular complexity index is 836. The molecule has 1 atom stereocenters. The molecule has 4 bridgehead atoms. The standard InChI is InChI=1S/C21H21ClN2O2/c22-16-1-2-17-15(6-16)10-21(11-23,18(17)25)19(26)24-20-7-12-3-13(8-20)5-14(4-12)9-20/h1-2,6,12-14H,3-5,7-10H2,(H,24,26)/t12?,13?,14?,20?,21-/m0/s1. The largest absolute Gasteiger partial charge is 0.349 e. The maximum Gasteiger partial charge on any atom is 0.249 e. The molecule has 4 saturated carbocycles. The Morgan fingerprint density at radius 2 is 1.77 bits per heavy atom. The molecule has 0 spiro atoms. The molecule has 134 valence electrons. The third-order valence-corrected chi connectivity index (χ3v) is 7.39. The zero-order chi connectivity index (χ0) is 18.1. The van der Waals surface area contributed by atoms with Crippen LogP contribution >= 0.6 is 11.6 Å². The van der Waals surface area contributed by atoms with E-state index in [4.69, 9.17) is 11.6 Å². The van der Waals surface area contributed by atoms with Crippen LogP contribution in [0.1, 0.15) is 54.4 Å². The number of hydrogen-bond donors (Lipinski definition) is 1. The number of carbonyl (C=O) groups is 2. The molecule has 1 aromatic rings. The van der Waals surface area contributed by atoms with Crippen LogP contribution in [0.3, 0.4) is 0 Å². The van der Waals surface area contributed by atoms with E-state index < -0.39 is 11.3 Å². The van der Waals surface area contributed by atoms with Crippen molar-refractivity contribution in [2.24, 2.45) is 23.2 Å². The predicted molar refractivity (Wildman–Crippen MR) is 96.6 cm³/mol. The van der Waals surface area contributed by atoms with Gasteiger partial charge >= 0.3 is 0 Å². The summed E-state index contributed by atoms with van der Waals surface area (Å²) in [6, 6.07) is 7.05. The lowest BCUT2D eigenvalue weighted by atomic mass is 9.53. The lowest BCUT2D eigenvalue weighted by Crippen LogP contribution is -2.62. The van der Waals surface area contributed by atoms with Crippen LogP contribution in [0.25, 0.3) is 0 Å². The number of ketones is 1. The molecule has 1 N–H and O–H groups in total. The van der Waals surface area contributed by atoms with Gasteiger partial charge in [0.15, 0.2) is 5.78 Å². The number of nitrogens with one attached hydrogen (secondary N) is 1. The smallest absolute Gasteiger partial charge is 0.249 e. The van der Waals surface area contributed by atoms with Crippen LogP contribution in [0.15, 0.2) is 18.2 Å². The zero-order valence-electron chi connectivity index (χ0n) is 14.6. The van der Waals surface area contributed by atoms with Crippen LogP contribution in [0.2, 0.25) is 5.02 Å². The van der Waals surface area contributed by atoms with E-state index in [0.29, 0.717) is 33.9 Å². The average Bonchev–Trinajstić information content (AvgIpc) is 2.85. The first-order valence-electron chi connectivity index (χ1n) is 9.50. The van der Waals surface area contributed by atoms with Crippen molar-refractivity contribution in [3.05, 3.63) is 34.3 Å². The van der Waals surface area contributed by atoms with E-state index in [1.54, 1.807) is 18.2 Å². The number of amides is 1. The molecule has 1 aromatic carbocycles. The lowest BCUT2D eigenvalue weighted by Gasteiger charge is -2.57. The van der Waals surface area contributed by atoms with Crippen molar-refractivity contribution >= 4 is 23.3 Å². The van der Waals surface area contributed by atoms with Gasteiger partial charge in [-0.05, 0) is 80.0 Å². The zero-order valence-corrected chi connectivity index (χ0v) is 15.3. The van der Waals surface area contributed by atoms with E-state index in [9.17, 15) is 14.9 Å². The predicted octanol–water partition coefficient (Wildman–Crippen LogP) is 3.67. The highest BCUT2D eigenvalue weighted by Gasteiger charge is 2.57. The summed E-state index contributed by atoms with van der Waals surface area (Å²) in [5.41, 5.74) is -0.694. The number of halogens is 1. The number of fused-ring (bicyclic) bond motifs is 1. The minimum Gasteiger partial charge on any atom is -0.349 e. The van der Waals surface area contributed by atoms with E-state index in [1.165, 1.54) is 19.3 Å². The third-order valence-electron chi connectivity index (χ3n) is 7.15. The van der Waals surface area contributed by atoms with Crippen molar-refractivity contribution in [1.82, 2.24) is 5.32 Å². The van der Waals surface area contributed by atoms with E-state index in [0.717, 1.165) is 19.3 Å². The second kappa shape index (κ2) is 5.33. The average molecular weight is 369 g/mol. The topological polar surface area (TPSA) is 70.0 Å². The fourth-order valence-electron chi connectivity index (χ4n) is 6.46. The third kappa shape index (κ3) is 2.19. The van der Waals surface area contributed by atoms with Crippen molar-refractivity contribution in [3.63, 3.8) is 0 Å². The highest BCUT2D eigenvalue weighted by molar-refractivity contribution is 6.31. The first-order valence-corrected chi connectivity index (χ1v) is 9.88. The van der Waals surface area contributed by atoms with Gasteiger partial charge in [-0.2, -0.15) is 5.26 Å². The van der Waals surface area contributed by atoms with Crippen molar-refractivity contribution in [2.75, 3.05) is 0 Å². The number of carbonyl (C=O) groups excluding carboxylic acids is 2. The summed E-state index contributed by atoms with van der Waals surface area (Å²) < 4.78 is 0. The Morgan fingerprint density at radius 3 is 2.35 bits per heavy atom. The maximum absolute atomic E-state index is 13.3. The molecule has 0 saturated heterocycles. The Kier molecular flexibility index (Phi) is 3.35. The number of hydrogen-bond acceptors (Lipinski definition) is 3. The number of Topliss-reactive ketones (excluding diaryl/α,β-unsaturated/α-hetero) is 1. The van der Waals surface area contributed by atoms with Crippen LogP contribution in [-0.4, -0.2) is 17.2 Å². The van der Waals surface area contributed by atoms with Gasteiger partial charge in [0, 0.05) is 22.5 Å². The van der Waals surface area contributed by atoms with Crippen molar-refractivity contribution in [3.8, 4) is 6.07 Å². The van der Waals surface area contributed by atoms with Crippen molar-refractivity contribution < 1.29 is 9.59 Å². The Balaban J connectivity index is 1.45. The summed E-state index contributed by atoms with van der Waals surface area (Å²) in [5, 5.41) is 13.6. The van der Waals surface area contributed by atoms with Gasteiger partial charge < -0.3 is 5.32 Å². The fraction of sp³-hybridized carbons (Fsp3) is 0.571. The Hall–Kier alpha value is -1.86. The van der Waals surface area contributed by atoms with Crippen molar-refractivity contribution in [1.29, 1.82) is 5.26 Å². The quantitative estimate of drug-likeness (QED) is 0.809. The van der Waals surface area contributed by atoms with Gasteiger partial charge in [0.1, 0.15) is 0 Å². The van der Waals surface area contributed by atoms with E-state index >= 15 is 0 Å². The summed E-state index contributed by atoms with van der Waals surface area (Å²) in [4.78, 5) is 26.2. The van der Waals surface area contributed by atoms with Crippen LogP contribution in [0, 0.1) is 34.5 Å². The second-order valence-corrected chi connectivity index (χ2v) is 9.41. The Morgan fingerprint density at radius 1 is 1.15 bits per heavy atom. The van der Waals surface area contributed by atoms with E-state index in [1.807, 2.05) is 0 Å². The van der Waals surface area contributed by atoms with Crippen LogP contribution in [0.5, 0.6) is 0 Å². The first-order chi connectivity index (χ1) is 12.4. The molecule has 4 nitrogen and oxygen atoms in total. The van der Waals surface area contributed by atoms with Gasteiger partial charge in [-0.25, -0.2) is 0 Å². The van der Waals surface area contributed by atoms with Gasteiger partial charge in [-0.3, -0.25) is 9.59 Å². The fourth-order valence-corrected chi connectivity index (χ4v) is 6.66. The minimum absolute atomic E-state index is 0.121. The summed E-state index contributed by atoms with van der Waals surface area (Å²) in [7, 11) is 0. The van der Waals surface area contributed by atoms with Crippen LogP contribution in [0.4, 0.5) is 0 Å². The molecular formula is C21H21ClN2O2. The summed E-state index contributed by atoms with van der Waals surface area (Å²) in [6.07, 6.45) is 6.96. The molecule has 0 aliphatic heterocycles. The minimum atomic E-state index is -1.64. The summed E-state index contributed by atoms with van der Waals surface area (Å²) in [5.74, 6) is 1.28. The highest BCUT2D eigenvalue weighted by Crippen LogP contribution is 2.56. The Labute approximate surface area is 157 Å². The SMILES string of the molecule is N#C[C@@]1(C(=O)NC23CC4CC(CC(C4)C2)C3)Cc2cc(Cl)ccc2C1=O. The molecule has 26 heavy (non-hydrogen) atoms. The molecular weight excluding hydrogens is 348 g/mol. The molecule has 0 unspecified atom stereocenters. The molecule has 0 heterocycles. The molecule has 0 radical (unpaired) electrons. The van der Waals surface area contributed by atoms with E-state index in [-0.39, 0.29) is 17.7 Å². The van der Waals surface area contributed by atoms with Gasteiger partial charge in [-0.15, -0.1) is 0 Å². The number of nitriles is 1. The van der Waals surface area contributed by atoms with Gasteiger partial charge in [0.25, 0.3) is 0 Å². The molecule has 5 aliphatic carbocycles. The van der Waals surface area contributed by atoms with Gasteiger partial charge in [0.05, 0.1) is 6.07 Å². The summed E-state index contributed by atoms with van der Waals surface area (Å²) >= 11 is 6.04. The first kappa shape index (κ1) is 16.3. The second-order valence-electron chi connectivity index (χ2n) is 8.98. The highest BCUT2D eigenvalue weighted by atomic mass is 35.5. The molecule has 1 amide bonds. The molecule has 5 heteroatoms.